The molecule has 143 heavy (non-hydrogen) atoms. The van der Waals surface area contributed by atoms with Gasteiger partial charge in [-0.3, -0.25) is 27.9 Å². The molecule has 4 fully saturated rings. The molecule has 2 unspecified atom stereocenters. The van der Waals surface area contributed by atoms with E-state index in [1.54, 1.807) is 62.8 Å². The van der Waals surface area contributed by atoms with Crippen LogP contribution in [0.3, 0.4) is 0 Å². The van der Waals surface area contributed by atoms with E-state index in [0.29, 0.717) is 93.7 Å². The zero-order chi connectivity index (χ0) is 103. The number of nitrogens with one attached hydrogen (secondary N) is 2. The van der Waals surface area contributed by atoms with Gasteiger partial charge in [-0.25, -0.2) is 86.7 Å². The monoisotopic (exact) mass is 2050 g/mol. The number of benzene rings is 5. The van der Waals surface area contributed by atoms with Crippen molar-refractivity contribution in [3.63, 3.8) is 0 Å². The summed E-state index contributed by atoms with van der Waals surface area (Å²) in [7, 11) is 0.564. The molecule has 0 saturated carbocycles. The molecule has 0 spiro atoms. The number of anilines is 4. The number of hydrogen-bond acceptors (Lipinski definition) is 34. The molecule has 0 radical (unpaired) electrons. The summed E-state index contributed by atoms with van der Waals surface area (Å²) in [6, 6.07) is 48.2. The zero-order valence-electron chi connectivity index (χ0n) is 80.1. The molecule has 17 rings (SSSR count). The number of fused-ring (bicyclic) bond motifs is 4. The lowest BCUT2D eigenvalue weighted by molar-refractivity contribution is -0.0459. The van der Waals surface area contributed by atoms with Crippen LogP contribution in [-0.4, -0.2) is 263 Å². The Morgan fingerprint density at radius 3 is 1.15 bits per heavy atom. The summed E-state index contributed by atoms with van der Waals surface area (Å²) >= 11 is 13.4. The van der Waals surface area contributed by atoms with Crippen molar-refractivity contribution in [3.8, 4) is 23.6 Å². The van der Waals surface area contributed by atoms with Crippen molar-refractivity contribution in [3.05, 3.63) is 218 Å². The van der Waals surface area contributed by atoms with Crippen molar-refractivity contribution in [2.75, 3.05) is 62.7 Å². The number of nitrogens with two attached hydrogens (primary N) is 2. The minimum atomic E-state index is -1.69. The van der Waals surface area contributed by atoms with Crippen LogP contribution >= 0.6 is 39.0 Å². The van der Waals surface area contributed by atoms with Crippen LogP contribution in [0.1, 0.15) is 157 Å². The number of methoxy groups -OCH3 is 2. The zero-order valence-corrected chi connectivity index (χ0v) is 83.4. The number of nitrogens with zero attached hydrogens (tertiary/aromatic N) is 20. The highest BCUT2D eigenvalue weighted by Crippen LogP contribution is 2.53. The molecule has 48 heteroatoms. The average Bonchev–Trinajstić information content (AvgIpc) is 1.72. The van der Waals surface area contributed by atoms with Gasteiger partial charge >= 0.3 is 0 Å². The van der Waals surface area contributed by atoms with Crippen LogP contribution in [0.5, 0.6) is 11.5 Å². The number of alkyl halides is 5. The van der Waals surface area contributed by atoms with E-state index >= 15 is 4.39 Å². The van der Waals surface area contributed by atoms with E-state index in [9.17, 15) is 38.1 Å². The number of hydrogen-bond donors (Lipinski definition) is 9. The minimum Gasteiger partial charge on any atom is -0.497 e. The highest BCUT2D eigenvalue weighted by atomic mass is 35.7. The van der Waals surface area contributed by atoms with Gasteiger partial charge in [0, 0.05) is 35.3 Å². The summed E-state index contributed by atoms with van der Waals surface area (Å²) in [6.45, 7) is 19.8. The van der Waals surface area contributed by atoms with E-state index in [-0.39, 0.29) is 60.2 Å². The third-order valence-electron chi connectivity index (χ3n) is 23.1. The first-order chi connectivity index (χ1) is 68.8. The molecule has 5 aromatic carbocycles. The van der Waals surface area contributed by atoms with Crippen molar-refractivity contribution in [2.24, 2.45) is 0 Å². The Kier molecular flexibility index (Phi) is 39.5. The fourth-order valence-electron chi connectivity index (χ4n) is 16.1. The minimum absolute atomic E-state index is 0.0725. The molecular weight excluding hydrogens is 1940 g/mol. The fraction of sp³-hybridized carbons (Fsp3) is 0.432. The van der Waals surface area contributed by atoms with Crippen molar-refractivity contribution in [1.82, 2.24) is 87.4 Å². The Labute approximate surface area is 833 Å². The van der Waals surface area contributed by atoms with Crippen LogP contribution in [-0.2, 0) is 37.4 Å². The molecule has 0 aliphatic carbocycles. The Bertz CT molecular complexity index is 6170. The maximum atomic E-state index is 16.2. The summed E-state index contributed by atoms with van der Waals surface area (Å²) in [6.07, 6.45) is -6.82. The lowest BCUT2D eigenvalue weighted by Crippen LogP contribution is -2.37. The number of halogens is 6. The number of aromatic nitrogens is 16. The molecule has 11 N–H and O–H groups in total. The Hall–Kier alpha value is -12.0. The normalized spacial score (nSPS) is 22.3. The van der Waals surface area contributed by atoms with E-state index in [1.807, 2.05) is 139 Å². The van der Waals surface area contributed by atoms with Crippen LogP contribution in [0, 0.1) is 22.7 Å². The first-order valence-electron chi connectivity index (χ1n) is 45.7. The van der Waals surface area contributed by atoms with Crippen molar-refractivity contribution < 1.29 is 94.7 Å². The number of imidazole rings is 4. The average molecular weight is 2060 g/mol. The van der Waals surface area contributed by atoms with E-state index in [0.717, 1.165) is 28.2 Å². The molecule has 762 valence electrons. The SMILES string of the molecule is CC(C)N(C(C)C)P(Cl)OCCC#N.CC[C@H]1O[C@@H](n2cnc3c(NC(=O)c4ccccc4)ncnc32)[C@H](F)[C@@H]1O.CC[C@H]1O[C@@H](n2cnc3c(NC(=O)c4ccccc4)ncnc32)[C@H](F)[C@@H]1OP(OCCC#N)N(C(C)C)C(C)C.COc1ccc(C(Cl)(c2ccccc2)c2ccc(OC)cc2)cc1.Nc1ncnc2c1ncn2[C@@H]1O[C@H](CO)[C@@H](O)[C@H]1F.Nc1ncnc2c1ncn2[C@@H]1O[C@H](CO)[C@@H](O)[C@H]1F. The number of aliphatic hydroxyl groups excluding tert-OH is 5. The van der Waals surface area contributed by atoms with E-state index in [4.69, 9.17) is 97.0 Å². The maximum Gasteiger partial charge on any atom is 0.259 e. The first kappa shape index (κ1) is 110. The second kappa shape index (κ2) is 51.5. The molecule has 4 aliphatic heterocycles. The van der Waals surface area contributed by atoms with Gasteiger partial charge in [-0.15, -0.1) is 11.6 Å². The standard InChI is InChI=1S/C27H35FN7O4P.C21H19ClO2.C18H18FN5O3.2C10H12FN5O3.C9H18ClN2OP/c1-6-20-23(39-40(37-14-10-13-29)35(17(2)3)18(4)5)21(28)27(38-20)34-16-32-22-24(30-15-31-25(22)34)33-26(36)19-11-8-7-9-12-19;1-23-19-12-8-17(9-13-19)21(22,16-6-4-3-5-7-16)18-10-14-20(24-2)15-11-18;1-2-11-14(25)12(19)18(27-11)24-9-22-13-15(20-8-21-16(13)24)23-17(26)10-6-4-3-5-7-10;2*11-5-7(18)4(1-17)19-10(5)16-3-15-6-8(12)13-2-14-9(6)16;1-8(2)12(9(3)4)14(10)13-7-5-6-11/h7-9,11-12,15-18,20-21,23,27H,6,10,14H2,1-5H3,(H,30,31,33,36);3-15H,1-2H3;3-9,11-12,14,18,25H,2H2,1H3,(H,20,21,23,26);2*2-5,7,10,17-18H,1H2,(H2,12,13,14);8-9H,5,7H2,1-4H3/t20-,21-,23-,27-,40?;;11-,12-,14-,18-;2*4-,5-,7-,10-;/m1.111./s1. The Morgan fingerprint density at radius 2 is 0.797 bits per heavy atom. The molecule has 2 amide bonds. The number of nitriles is 2. The van der Waals surface area contributed by atoms with Crippen LogP contribution in [0.15, 0.2) is 190 Å². The van der Waals surface area contributed by atoms with Gasteiger partial charge in [0.2, 0.25) is 7.65 Å². The Balaban J connectivity index is 0.000000158. The molecule has 12 heterocycles. The van der Waals surface area contributed by atoms with Crippen LogP contribution in [0.2, 0.25) is 0 Å². The third kappa shape index (κ3) is 25.7. The van der Waals surface area contributed by atoms with Gasteiger partial charge in [-0.2, -0.15) is 10.5 Å². The summed E-state index contributed by atoms with van der Waals surface area (Å²) < 4.78 is 119. The van der Waals surface area contributed by atoms with Gasteiger partial charge < -0.3 is 89.6 Å². The molecule has 4 saturated heterocycles. The lowest BCUT2D eigenvalue weighted by atomic mass is 9.84. The van der Waals surface area contributed by atoms with Crippen LogP contribution in [0.25, 0.3) is 44.7 Å². The third-order valence-corrected chi connectivity index (χ3v) is 28.4. The molecule has 18 atom stereocenters. The predicted octanol–water partition coefficient (Wildman–Crippen LogP) is 14.2. The van der Waals surface area contributed by atoms with Crippen LogP contribution < -0.4 is 31.6 Å². The van der Waals surface area contributed by atoms with Gasteiger partial charge in [-0.05, 0) is 145 Å². The van der Waals surface area contributed by atoms with Gasteiger partial charge in [-0.1, -0.05) is 105 Å². The number of rotatable bonds is 31. The highest BCUT2D eigenvalue weighted by molar-refractivity contribution is 7.78. The van der Waals surface area contributed by atoms with E-state index in [2.05, 4.69) is 114 Å². The first-order valence-corrected chi connectivity index (χ1v) is 49.3. The molecule has 0 bridgehead atoms. The van der Waals surface area contributed by atoms with Crippen molar-refractivity contribution in [1.29, 1.82) is 10.5 Å². The second-order valence-electron chi connectivity index (χ2n) is 33.7. The van der Waals surface area contributed by atoms with Crippen LogP contribution in [0.4, 0.5) is 40.8 Å². The highest BCUT2D eigenvalue weighted by Gasteiger charge is 2.51. The number of carbonyl (C=O) groups is 2. The number of ether oxygens (including phenoxy) is 6. The number of carbonyl (C=O) groups excluding carboxylic acids is 2. The predicted molar refractivity (Wildman–Crippen MR) is 526 cm³/mol. The molecule has 40 nitrogen and oxygen atoms in total. The lowest BCUT2D eigenvalue weighted by Gasteiger charge is -2.37. The fourth-order valence-corrected chi connectivity index (χ4v) is 20.6. The quantitative estimate of drug-likeness (QED) is 0.00640. The van der Waals surface area contributed by atoms with Gasteiger partial charge in [0.25, 0.3) is 20.3 Å². The van der Waals surface area contributed by atoms with Gasteiger partial charge in [0.15, 0.2) is 106 Å². The summed E-state index contributed by atoms with van der Waals surface area (Å²) in [5, 5.41) is 70.0. The second-order valence-corrected chi connectivity index (χ2v) is 37.7. The number of amides is 2. The number of aliphatic hydroxyl groups is 5. The maximum absolute atomic E-state index is 16.2. The van der Waals surface area contributed by atoms with E-state index in [1.165, 1.54) is 68.9 Å². The summed E-state index contributed by atoms with van der Waals surface area (Å²) in [5.41, 5.74) is 17.7. The molecule has 13 aromatic rings. The summed E-state index contributed by atoms with van der Waals surface area (Å²) in [5.74, 6) is 1.71. The van der Waals surface area contributed by atoms with Crippen molar-refractivity contribution in [2.45, 2.75) is 222 Å². The largest absolute Gasteiger partial charge is 0.497 e. The Morgan fingerprint density at radius 1 is 0.469 bits per heavy atom. The molecule has 4 aliphatic rings. The number of nitrogen functional groups attached to an aromatic ring is 2. The molecule has 8 aromatic heterocycles. The van der Waals surface area contributed by atoms with Gasteiger partial charge in [0.1, 0.15) is 89.3 Å². The smallest absolute Gasteiger partial charge is 0.259 e. The van der Waals surface area contributed by atoms with Crippen molar-refractivity contribution >= 4 is 119 Å². The van der Waals surface area contributed by atoms with Gasteiger partial charge in [0.05, 0.1) is 103 Å². The summed E-state index contributed by atoms with van der Waals surface area (Å²) in [4.78, 5) is 73.1. The molecular formula is C95H114Cl2F4N24O16P2. The topological polar surface area (TPSA) is 523 Å². The van der Waals surface area contributed by atoms with E-state index < -0.39 is 133 Å².